The molecule has 0 unspecified atom stereocenters. The number of hydrogen-bond acceptors (Lipinski definition) is 4. The molecule has 1 saturated heterocycles. The van der Waals surface area contributed by atoms with Gasteiger partial charge in [-0.05, 0) is 36.4 Å². The third kappa shape index (κ3) is 3.37. The normalized spacial score (nSPS) is 16.2. The van der Waals surface area contributed by atoms with Crippen LogP contribution in [0.5, 0.6) is 5.75 Å². The zero-order valence-corrected chi connectivity index (χ0v) is 14.2. The Labute approximate surface area is 141 Å². The molecule has 1 aliphatic heterocycles. The van der Waals surface area contributed by atoms with E-state index in [2.05, 4.69) is 4.90 Å². The Morgan fingerprint density at radius 2 is 1.67 bits per heavy atom. The summed E-state index contributed by atoms with van der Waals surface area (Å²) < 4.78 is 44.9. The maximum atomic E-state index is 13.0. The summed E-state index contributed by atoms with van der Waals surface area (Å²) in [5.74, 6) is 0.325. The summed E-state index contributed by atoms with van der Waals surface area (Å²) in [5, 5.41) is 0. The lowest BCUT2D eigenvalue weighted by atomic mass is 10.2. The Balaban J connectivity index is 1.71. The van der Waals surface area contributed by atoms with Crippen molar-refractivity contribution in [3.05, 3.63) is 54.3 Å². The molecule has 0 saturated carbocycles. The van der Waals surface area contributed by atoms with Crippen molar-refractivity contribution < 1.29 is 17.5 Å². The van der Waals surface area contributed by atoms with E-state index in [-0.39, 0.29) is 4.90 Å². The SMILES string of the molecule is COc1cccc(N2CCN(S(=O)(=O)c3ccc(F)cc3)CC2)c1. The number of ether oxygens (including phenoxy) is 1. The number of nitrogens with zero attached hydrogens (tertiary/aromatic N) is 2. The van der Waals surface area contributed by atoms with Gasteiger partial charge in [0.1, 0.15) is 11.6 Å². The standard InChI is InChI=1S/C17H19FN2O3S/c1-23-16-4-2-3-15(13-16)19-9-11-20(12-10-19)24(21,22)17-7-5-14(18)6-8-17/h2-8,13H,9-12H2,1H3. The molecule has 3 rings (SSSR count). The highest BCUT2D eigenvalue weighted by atomic mass is 32.2. The van der Waals surface area contributed by atoms with E-state index in [4.69, 9.17) is 4.74 Å². The van der Waals surface area contributed by atoms with Crippen LogP contribution in [0.3, 0.4) is 0 Å². The number of benzene rings is 2. The van der Waals surface area contributed by atoms with E-state index in [1.165, 1.54) is 28.6 Å². The van der Waals surface area contributed by atoms with Gasteiger partial charge in [-0.2, -0.15) is 4.31 Å². The van der Waals surface area contributed by atoms with Gasteiger partial charge in [0.25, 0.3) is 0 Å². The lowest BCUT2D eigenvalue weighted by molar-refractivity contribution is 0.384. The Kier molecular flexibility index (Phi) is 4.73. The third-order valence-electron chi connectivity index (χ3n) is 4.11. The summed E-state index contributed by atoms with van der Waals surface area (Å²) in [6.07, 6.45) is 0. The van der Waals surface area contributed by atoms with E-state index in [9.17, 15) is 12.8 Å². The average Bonchev–Trinajstić information content (AvgIpc) is 2.62. The van der Waals surface area contributed by atoms with Crippen LogP contribution in [0.2, 0.25) is 0 Å². The molecule has 0 radical (unpaired) electrons. The molecule has 0 aromatic heterocycles. The van der Waals surface area contributed by atoms with E-state index < -0.39 is 15.8 Å². The fourth-order valence-corrected chi connectivity index (χ4v) is 4.17. The highest BCUT2D eigenvalue weighted by Gasteiger charge is 2.28. The first-order valence-electron chi connectivity index (χ1n) is 7.65. The van der Waals surface area contributed by atoms with Crippen LogP contribution in [0.4, 0.5) is 10.1 Å². The van der Waals surface area contributed by atoms with Gasteiger partial charge < -0.3 is 9.64 Å². The highest BCUT2D eigenvalue weighted by molar-refractivity contribution is 7.89. The number of halogens is 1. The summed E-state index contributed by atoms with van der Waals surface area (Å²) in [6, 6.07) is 12.6. The highest BCUT2D eigenvalue weighted by Crippen LogP contribution is 2.24. The van der Waals surface area contributed by atoms with E-state index in [1.54, 1.807) is 7.11 Å². The van der Waals surface area contributed by atoms with Crippen LogP contribution in [-0.4, -0.2) is 46.0 Å². The van der Waals surface area contributed by atoms with Crippen LogP contribution < -0.4 is 9.64 Å². The van der Waals surface area contributed by atoms with Gasteiger partial charge in [0, 0.05) is 37.9 Å². The van der Waals surface area contributed by atoms with Gasteiger partial charge in [0.05, 0.1) is 12.0 Å². The van der Waals surface area contributed by atoms with Crippen molar-refractivity contribution in [2.75, 3.05) is 38.2 Å². The lowest BCUT2D eigenvalue weighted by Gasteiger charge is -2.35. The van der Waals surface area contributed by atoms with Crippen LogP contribution in [0.15, 0.2) is 53.4 Å². The number of anilines is 1. The maximum Gasteiger partial charge on any atom is 0.243 e. The molecule has 0 N–H and O–H groups in total. The van der Waals surface area contributed by atoms with Gasteiger partial charge in [-0.1, -0.05) is 6.07 Å². The third-order valence-corrected chi connectivity index (χ3v) is 6.02. The lowest BCUT2D eigenvalue weighted by Crippen LogP contribution is -2.48. The van der Waals surface area contributed by atoms with Crippen LogP contribution in [0.1, 0.15) is 0 Å². The first-order chi connectivity index (χ1) is 11.5. The molecule has 0 spiro atoms. The largest absolute Gasteiger partial charge is 0.497 e. The Morgan fingerprint density at radius 3 is 2.29 bits per heavy atom. The van der Waals surface area contributed by atoms with Crippen molar-refractivity contribution in [1.29, 1.82) is 0 Å². The van der Waals surface area contributed by atoms with Gasteiger partial charge in [-0.3, -0.25) is 0 Å². The average molecular weight is 350 g/mol. The summed E-state index contributed by atoms with van der Waals surface area (Å²) in [5.41, 5.74) is 1.01. The molecule has 2 aromatic rings. The molecule has 5 nitrogen and oxygen atoms in total. The zero-order chi connectivity index (χ0) is 17.2. The zero-order valence-electron chi connectivity index (χ0n) is 13.4. The minimum atomic E-state index is -3.58. The van der Waals surface area contributed by atoms with Crippen LogP contribution in [0.25, 0.3) is 0 Å². The van der Waals surface area contributed by atoms with Crippen LogP contribution in [-0.2, 0) is 10.0 Å². The number of hydrogen-bond donors (Lipinski definition) is 0. The second kappa shape index (κ2) is 6.78. The molecule has 1 fully saturated rings. The molecule has 1 aliphatic rings. The molecule has 0 aliphatic carbocycles. The van der Waals surface area contributed by atoms with Gasteiger partial charge in [-0.25, -0.2) is 12.8 Å². The molecule has 2 aromatic carbocycles. The van der Waals surface area contributed by atoms with Gasteiger partial charge in [-0.15, -0.1) is 0 Å². The van der Waals surface area contributed by atoms with Crippen LogP contribution in [0, 0.1) is 5.82 Å². The van der Waals surface area contributed by atoms with Crippen molar-refractivity contribution in [1.82, 2.24) is 4.31 Å². The Morgan fingerprint density at radius 1 is 1.00 bits per heavy atom. The number of sulfonamides is 1. The predicted molar refractivity (Wildman–Crippen MR) is 90.4 cm³/mol. The molecular weight excluding hydrogens is 331 g/mol. The maximum absolute atomic E-state index is 13.0. The second-order valence-electron chi connectivity index (χ2n) is 5.55. The Hall–Kier alpha value is -2.12. The minimum Gasteiger partial charge on any atom is -0.497 e. The molecular formula is C17H19FN2O3S. The van der Waals surface area contributed by atoms with E-state index in [1.807, 2.05) is 24.3 Å². The van der Waals surface area contributed by atoms with E-state index >= 15 is 0 Å². The van der Waals surface area contributed by atoms with Gasteiger partial charge in [0.15, 0.2) is 0 Å². The number of methoxy groups -OCH3 is 1. The minimum absolute atomic E-state index is 0.124. The Bertz CT molecular complexity index is 801. The molecule has 24 heavy (non-hydrogen) atoms. The van der Waals surface area contributed by atoms with Crippen molar-refractivity contribution in [2.24, 2.45) is 0 Å². The van der Waals surface area contributed by atoms with Gasteiger partial charge >= 0.3 is 0 Å². The summed E-state index contributed by atoms with van der Waals surface area (Å²) >= 11 is 0. The molecule has 0 bridgehead atoms. The quantitative estimate of drug-likeness (QED) is 0.849. The molecule has 1 heterocycles. The fourth-order valence-electron chi connectivity index (χ4n) is 2.75. The summed E-state index contributed by atoms with van der Waals surface area (Å²) in [4.78, 5) is 2.25. The topological polar surface area (TPSA) is 49.9 Å². The number of piperazine rings is 1. The second-order valence-corrected chi connectivity index (χ2v) is 7.48. The monoisotopic (exact) mass is 350 g/mol. The van der Waals surface area contributed by atoms with Crippen LogP contribution >= 0.6 is 0 Å². The molecule has 7 heteroatoms. The fraction of sp³-hybridized carbons (Fsp3) is 0.294. The molecule has 128 valence electrons. The molecule has 0 amide bonds. The van der Waals surface area contributed by atoms with Crippen molar-refractivity contribution >= 4 is 15.7 Å². The van der Waals surface area contributed by atoms with E-state index in [0.717, 1.165) is 11.4 Å². The smallest absolute Gasteiger partial charge is 0.243 e. The summed E-state index contributed by atoms with van der Waals surface area (Å²) in [6.45, 7) is 1.95. The number of rotatable bonds is 4. The first kappa shape index (κ1) is 16.7. The molecule has 0 atom stereocenters. The van der Waals surface area contributed by atoms with Gasteiger partial charge in [0.2, 0.25) is 10.0 Å². The summed E-state index contributed by atoms with van der Waals surface area (Å²) in [7, 11) is -1.96. The predicted octanol–water partition coefficient (Wildman–Crippen LogP) is 2.35. The van der Waals surface area contributed by atoms with Crippen molar-refractivity contribution in [2.45, 2.75) is 4.90 Å². The van der Waals surface area contributed by atoms with Crippen molar-refractivity contribution in [3.63, 3.8) is 0 Å². The van der Waals surface area contributed by atoms with Crippen molar-refractivity contribution in [3.8, 4) is 5.75 Å². The van der Waals surface area contributed by atoms with E-state index in [0.29, 0.717) is 26.2 Å². The first-order valence-corrected chi connectivity index (χ1v) is 9.09.